The van der Waals surface area contributed by atoms with Crippen LogP contribution in [0.1, 0.15) is 39.9 Å². The van der Waals surface area contributed by atoms with Crippen LogP contribution in [0.2, 0.25) is 0 Å². The summed E-state index contributed by atoms with van der Waals surface area (Å²) < 4.78 is 33.3. The number of benzene rings is 2. The average Bonchev–Trinajstić information content (AvgIpc) is 3.07. The second-order valence-corrected chi connectivity index (χ2v) is 8.49. The molecule has 0 amide bonds. The molecule has 0 bridgehead atoms. The number of aromatic nitrogens is 1. The number of hydrogen-bond donors (Lipinski definition) is 1. The summed E-state index contributed by atoms with van der Waals surface area (Å²) in [6.45, 7) is 4.51. The smallest absolute Gasteiger partial charge is 0.338 e. The highest BCUT2D eigenvalue weighted by Crippen LogP contribution is 2.26. The average molecular weight is 441 g/mol. The van der Waals surface area contributed by atoms with E-state index in [0.717, 1.165) is 0 Å². The van der Waals surface area contributed by atoms with Gasteiger partial charge < -0.3 is 4.52 Å². The van der Waals surface area contributed by atoms with Crippen molar-refractivity contribution >= 4 is 39.3 Å². The van der Waals surface area contributed by atoms with Gasteiger partial charge in [-0.05, 0) is 56.2 Å². The first kappa shape index (κ1) is 21.9. The van der Waals surface area contributed by atoms with E-state index in [-0.39, 0.29) is 33.5 Å². The van der Waals surface area contributed by atoms with E-state index in [1.165, 1.54) is 38.1 Å². The number of nitrogens with one attached hydrogen (secondary N) is 1. The third-order valence-corrected chi connectivity index (χ3v) is 6.01. The molecule has 0 aliphatic heterocycles. The van der Waals surface area contributed by atoms with Crippen molar-refractivity contribution in [1.29, 1.82) is 0 Å². The normalized spacial score (nSPS) is 11.6. The Balaban J connectivity index is 1.93. The summed E-state index contributed by atoms with van der Waals surface area (Å²) in [5.41, 5.74) is 1.55. The Labute approximate surface area is 178 Å². The Bertz CT molecular complexity index is 1310. The molecule has 0 fully saturated rings. The van der Waals surface area contributed by atoms with E-state index in [1.54, 1.807) is 37.3 Å². The molecule has 31 heavy (non-hydrogen) atoms. The molecule has 0 atom stereocenters. The number of nitro groups is 1. The summed E-state index contributed by atoms with van der Waals surface area (Å²) in [7, 11) is -3.95. The van der Waals surface area contributed by atoms with Crippen LogP contribution in [0, 0.1) is 24.0 Å². The lowest BCUT2D eigenvalue weighted by molar-refractivity contribution is -0.386. The molecular weight excluding hydrogens is 422 g/mol. The van der Waals surface area contributed by atoms with E-state index in [2.05, 4.69) is 9.88 Å². The fourth-order valence-corrected chi connectivity index (χ4v) is 4.24. The van der Waals surface area contributed by atoms with Gasteiger partial charge in [0.1, 0.15) is 0 Å². The van der Waals surface area contributed by atoms with Crippen LogP contribution in [0.5, 0.6) is 0 Å². The molecular formula is C21H19N3O6S. The lowest BCUT2D eigenvalue weighted by Gasteiger charge is -2.12. The maximum Gasteiger partial charge on any atom is 0.338 e. The van der Waals surface area contributed by atoms with Crippen LogP contribution in [-0.4, -0.2) is 24.3 Å². The summed E-state index contributed by atoms with van der Waals surface area (Å²) in [5, 5.41) is 14.7. The number of ketones is 1. The zero-order chi connectivity index (χ0) is 22.8. The molecule has 3 aromatic rings. The maximum absolute atomic E-state index is 12.9. The third kappa shape index (κ3) is 4.86. The molecule has 0 radical (unpaired) electrons. The number of sulfonamides is 1. The highest BCUT2D eigenvalue weighted by Gasteiger charge is 2.22. The quantitative estimate of drug-likeness (QED) is 0.327. The van der Waals surface area contributed by atoms with E-state index in [4.69, 9.17) is 4.52 Å². The van der Waals surface area contributed by atoms with Crippen molar-refractivity contribution in [1.82, 2.24) is 5.16 Å². The first-order valence-electron chi connectivity index (χ1n) is 9.11. The lowest BCUT2D eigenvalue weighted by atomic mass is 10.1. The van der Waals surface area contributed by atoms with E-state index >= 15 is 0 Å². The molecule has 1 N–H and O–H groups in total. The Kier molecular flexibility index (Phi) is 6.02. The van der Waals surface area contributed by atoms with Gasteiger partial charge in [0.2, 0.25) is 5.76 Å². The molecule has 9 nitrogen and oxygen atoms in total. The van der Waals surface area contributed by atoms with Crippen molar-refractivity contribution < 1.29 is 22.7 Å². The minimum Gasteiger partial charge on any atom is -0.349 e. The van der Waals surface area contributed by atoms with Gasteiger partial charge >= 0.3 is 5.69 Å². The predicted octanol–water partition coefficient (Wildman–Crippen LogP) is 4.37. The number of rotatable bonds is 7. The van der Waals surface area contributed by atoms with E-state index in [0.29, 0.717) is 16.7 Å². The molecule has 0 spiro atoms. The van der Waals surface area contributed by atoms with Crippen LogP contribution >= 0.6 is 0 Å². The van der Waals surface area contributed by atoms with E-state index in [1.807, 2.05) is 0 Å². The molecule has 0 saturated heterocycles. The van der Waals surface area contributed by atoms with Crippen LogP contribution in [0.25, 0.3) is 12.2 Å². The number of carbonyl (C=O) groups is 1. The number of hydrogen-bond acceptors (Lipinski definition) is 7. The van der Waals surface area contributed by atoms with Gasteiger partial charge in [-0.15, -0.1) is 0 Å². The van der Waals surface area contributed by atoms with Crippen LogP contribution in [0.3, 0.4) is 0 Å². The molecule has 1 heterocycles. The summed E-state index contributed by atoms with van der Waals surface area (Å²) in [4.78, 5) is 22.1. The first-order chi connectivity index (χ1) is 14.6. The second-order valence-electron chi connectivity index (χ2n) is 6.84. The van der Waals surface area contributed by atoms with Gasteiger partial charge in [0.05, 0.1) is 9.82 Å². The molecule has 160 valence electrons. The van der Waals surface area contributed by atoms with Gasteiger partial charge in [-0.2, -0.15) is 0 Å². The van der Waals surface area contributed by atoms with E-state index < -0.39 is 14.9 Å². The predicted molar refractivity (Wildman–Crippen MR) is 115 cm³/mol. The fraction of sp³-hybridized carbons (Fsp3) is 0.143. The molecule has 10 heteroatoms. The van der Waals surface area contributed by atoms with Gasteiger partial charge in [-0.3, -0.25) is 19.6 Å². The van der Waals surface area contributed by atoms with Crippen LogP contribution < -0.4 is 4.72 Å². The van der Waals surface area contributed by atoms with Crippen molar-refractivity contribution in [3.05, 3.63) is 80.7 Å². The molecule has 0 aliphatic carbocycles. The van der Waals surface area contributed by atoms with Gasteiger partial charge in [0.25, 0.3) is 10.0 Å². The Hall–Kier alpha value is -3.79. The SMILES string of the molecule is CC(=O)c1cccc(NS(=O)(=O)c2cc(/C=C/c3onc(C)c3[N+](=O)[O-])ccc2C)c1. The minimum absolute atomic E-state index is 0.0335. The number of aryl methyl sites for hydroxylation is 2. The topological polar surface area (TPSA) is 132 Å². The Morgan fingerprint density at radius 1 is 1.16 bits per heavy atom. The fourth-order valence-electron chi connectivity index (χ4n) is 2.91. The zero-order valence-corrected chi connectivity index (χ0v) is 17.8. The van der Waals surface area contributed by atoms with Crippen molar-refractivity contribution in [2.75, 3.05) is 4.72 Å². The van der Waals surface area contributed by atoms with Crippen LogP contribution in [0.4, 0.5) is 11.4 Å². The minimum atomic E-state index is -3.95. The number of nitrogens with zero attached hydrogens (tertiary/aromatic N) is 2. The van der Waals surface area contributed by atoms with E-state index in [9.17, 15) is 23.3 Å². The van der Waals surface area contributed by atoms with Crippen molar-refractivity contribution in [3.63, 3.8) is 0 Å². The van der Waals surface area contributed by atoms with Gasteiger partial charge in [0, 0.05) is 11.3 Å². The lowest BCUT2D eigenvalue weighted by Crippen LogP contribution is -2.14. The highest BCUT2D eigenvalue weighted by atomic mass is 32.2. The highest BCUT2D eigenvalue weighted by molar-refractivity contribution is 7.92. The zero-order valence-electron chi connectivity index (χ0n) is 16.9. The standard InChI is InChI=1S/C21H19N3O6S/c1-13-7-8-16(9-10-19-21(24(26)27)14(2)22-30-19)11-20(13)31(28,29)23-18-6-4-5-17(12-18)15(3)25/h4-12,23H,1-3H3/b10-9+. The summed E-state index contributed by atoms with van der Waals surface area (Å²) >= 11 is 0. The Morgan fingerprint density at radius 2 is 1.90 bits per heavy atom. The number of carbonyl (C=O) groups excluding carboxylic acids is 1. The van der Waals surface area contributed by atoms with Crippen molar-refractivity contribution in [3.8, 4) is 0 Å². The summed E-state index contributed by atoms with van der Waals surface area (Å²) in [5.74, 6) is -0.215. The first-order valence-corrected chi connectivity index (χ1v) is 10.6. The van der Waals surface area contributed by atoms with Crippen LogP contribution in [-0.2, 0) is 10.0 Å². The van der Waals surface area contributed by atoms with Gasteiger partial charge in [0.15, 0.2) is 11.5 Å². The Morgan fingerprint density at radius 3 is 2.58 bits per heavy atom. The van der Waals surface area contributed by atoms with Crippen LogP contribution in [0.15, 0.2) is 51.9 Å². The monoisotopic (exact) mass is 441 g/mol. The molecule has 0 unspecified atom stereocenters. The van der Waals surface area contributed by atoms with Gasteiger partial charge in [-0.25, -0.2) is 8.42 Å². The third-order valence-electron chi connectivity index (χ3n) is 4.49. The second kappa shape index (κ2) is 8.52. The van der Waals surface area contributed by atoms with Gasteiger partial charge in [-0.1, -0.05) is 35.5 Å². The summed E-state index contributed by atoms with van der Waals surface area (Å²) in [6, 6.07) is 10.9. The molecule has 0 aliphatic rings. The molecule has 1 aromatic heterocycles. The molecule has 2 aromatic carbocycles. The largest absolute Gasteiger partial charge is 0.349 e. The molecule has 3 rings (SSSR count). The molecule has 0 saturated carbocycles. The van der Waals surface area contributed by atoms with Crippen molar-refractivity contribution in [2.24, 2.45) is 0 Å². The number of anilines is 1. The van der Waals surface area contributed by atoms with Crippen molar-refractivity contribution in [2.45, 2.75) is 25.7 Å². The summed E-state index contributed by atoms with van der Waals surface area (Å²) in [6.07, 6.45) is 2.87. The number of Topliss-reactive ketones (excluding diaryl/α,β-unsaturated/α-hetero) is 1. The maximum atomic E-state index is 12.9.